The molecule has 2 N–H and O–H groups in total. The first-order valence-electron chi connectivity index (χ1n) is 5.80. The van der Waals surface area contributed by atoms with Gasteiger partial charge in [0.2, 0.25) is 0 Å². The van der Waals surface area contributed by atoms with E-state index in [0.29, 0.717) is 0 Å². The Morgan fingerprint density at radius 3 is 2.71 bits per heavy atom. The Morgan fingerprint density at radius 2 is 2.06 bits per heavy atom. The van der Waals surface area contributed by atoms with Gasteiger partial charge in [0.1, 0.15) is 12.2 Å². The fraction of sp³-hybridized carbons (Fsp3) is 0.385. The van der Waals surface area contributed by atoms with Gasteiger partial charge in [-0.25, -0.2) is 4.98 Å². The molecule has 4 nitrogen and oxygen atoms in total. The van der Waals surface area contributed by atoms with Crippen molar-refractivity contribution in [2.75, 3.05) is 0 Å². The minimum atomic E-state index is 0.0824. The number of nitrogens with zero attached hydrogens (tertiary/aromatic N) is 3. The summed E-state index contributed by atoms with van der Waals surface area (Å²) in [5.41, 5.74) is 8.75. The summed E-state index contributed by atoms with van der Waals surface area (Å²) in [7, 11) is 1.89. The average molecular weight is 230 g/mol. The Kier molecular flexibility index (Phi) is 3.54. The zero-order valence-corrected chi connectivity index (χ0v) is 10.3. The maximum Gasteiger partial charge on any atom is 0.138 e. The van der Waals surface area contributed by atoms with Crippen molar-refractivity contribution in [3.63, 3.8) is 0 Å². The van der Waals surface area contributed by atoms with Gasteiger partial charge < -0.3 is 5.73 Å². The monoisotopic (exact) mass is 230 g/mol. The maximum absolute atomic E-state index is 6.15. The predicted molar refractivity (Wildman–Crippen MR) is 67.6 cm³/mol. The lowest BCUT2D eigenvalue weighted by Gasteiger charge is -2.12. The van der Waals surface area contributed by atoms with Crippen LogP contribution in [0.2, 0.25) is 0 Å². The lowest BCUT2D eigenvalue weighted by atomic mass is 10.00. The highest BCUT2D eigenvalue weighted by molar-refractivity contribution is 5.26. The van der Waals surface area contributed by atoms with E-state index in [2.05, 4.69) is 35.2 Å². The molecule has 0 fully saturated rings. The molecule has 0 aliphatic carbocycles. The van der Waals surface area contributed by atoms with Crippen LogP contribution in [0.1, 0.15) is 17.0 Å². The first kappa shape index (κ1) is 11.8. The molecule has 1 aromatic carbocycles. The van der Waals surface area contributed by atoms with E-state index in [-0.39, 0.29) is 6.04 Å². The van der Waals surface area contributed by atoms with Crippen LogP contribution in [0.15, 0.2) is 30.6 Å². The topological polar surface area (TPSA) is 56.7 Å². The SMILES string of the molecule is Cc1ccccc1CC(N)Cc1ncnn1C. The second-order valence-corrected chi connectivity index (χ2v) is 4.39. The Morgan fingerprint density at radius 1 is 1.29 bits per heavy atom. The normalized spacial score (nSPS) is 12.6. The lowest BCUT2D eigenvalue weighted by molar-refractivity contribution is 0.602. The van der Waals surface area contributed by atoms with Gasteiger partial charge in [-0.15, -0.1) is 0 Å². The summed E-state index contributed by atoms with van der Waals surface area (Å²) < 4.78 is 1.78. The van der Waals surface area contributed by atoms with Gasteiger partial charge in [-0.05, 0) is 24.5 Å². The molecule has 0 aliphatic heterocycles. The Hall–Kier alpha value is -1.68. The third-order valence-corrected chi connectivity index (χ3v) is 2.99. The standard InChI is InChI=1S/C13H18N4/c1-10-5-3-4-6-11(10)7-12(14)8-13-15-9-16-17(13)2/h3-6,9,12H,7-8,14H2,1-2H3. The van der Waals surface area contributed by atoms with Crippen LogP contribution in [0.4, 0.5) is 0 Å². The fourth-order valence-electron chi connectivity index (χ4n) is 1.93. The van der Waals surface area contributed by atoms with Gasteiger partial charge in [-0.3, -0.25) is 4.68 Å². The van der Waals surface area contributed by atoms with Gasteiger partial charge in [-0.1, -0.05) is 24.3 Å². The molecule has 0 spiro atoms. The molecule has 1 heterocycles. The van der Waals surface area contributed by atoms with Gasteiger partial charge in [-0.2, -0.15) is 5.10 Å². The summed E-state index contributed by atoms with van der Waals surface area (Å²) in [5, 5.41) is 4.04. The van der Waals surface area contributed by atoms with Gasteiger partial charge in [0.25, 0.3) is 0 Å². The van der Waals surface area contributed by atoms with Crippen molar-refractivity contribution in [1.82, 2.24) is 14.8 Å². The molecule has 4 heteroatoms. The van der Waals surface area contributed by atoms with Gasteiger partial charge >= 0.3 is 0 Å². The fourth-order valence-corrected chi connectivity index (χ4v) is 1.93. The number of hydrogen-bond donors (Lipinski definition) is 1. The van der Waals surface area contributed by atoms with Crippen molar-refractivity contribution in [2.45, 2.75) is 25.8 Å². The average Bonchev–Trinajstić information content (AvgIpc) is 2.68. The summed E-state index contributed by atoms with van der Waals surface area (Å²) in [6.45, 7) is 2.12. The summed E-state index contributed by atoms with van der Waals surface area (Å²) in [6.07, 6.45) is 3.19. The second-order valence-electron chi connectivity index (χ2n) is 4.39. The zero-order chi connectivity index (χ0) is 12.3. The van der Waals surface area contributed by atoms with E-state index in [1.165, 1.54) is 11.1 Å². The molecule has 0 amide bonds. The number of rotatable bonds is 4. The molecule has 0 saturated carbocycles. The summed E-state index contributed by atoms with van der Waals surface area (Å²) in [6, 6.07) is 8.43. The van der Waals surface area contributed by atoms with E-state index in [1.807, 2.05) is 13.1 Å². The van der Waals surface area contributed by atoms with Crippen LogP contribution >= 0.6 is 0 Å². The van der Waals surface area contributed by atoms with E-state index in [1.54, 1.807) is 11.0 Å². The van der Waals surface area contributed by atoms with Gasteiger partial charge in [0.05, 0.1) is 0 Å². The molecular weight excluding hydrogens is 212 g/mol. The van der Waals surface area contributed by atoms with E-state index < -0.39 is 0 Å². The van der Waals surface area contributed by atoms with Gasteiger partial charge in [0.15, 0.2) is 0 Å². The van der Waals surface area contributed by atoms with E-state index in [9.17, 15) is 0 Å². The molecular formula is C13H18N4. The largest absolute Gasteiger partial charge is 0.327 e. The van der Waals surface area contributed by atoms with Crippen molar-refractivity contribution in [3.05, 3.63) is 47.5 Å². The number of hydrogen-bond acceptors (Lipinski definition) is 3. The molecule has 1 aromatic heterocycles. The van der Waals surface area contributed by atoms with E-state index >= 15 is 0 Å². The van der Waals surface area contributed by atoms with Crippen molar-refractivity contribution in [1.29, 1.82) is 0 Å². The predicted octanol–water partition coefficient (Wildman–Crippen LogP) is 1.24. The molecule has 1 unspecified atom stereocenters. The zero-order valence-electron chi connectivity index (χ0n) is 10.3. The smallest absolute Gasteiger partial charge is 0.138 e. The first-order valence-corrected chi connectivity index (χ1v) is 5.80. The second kappa shape index (κ2) is 5.10. The highest BCUT2D eigenvalue weighted by Crippen LogP contribution is 2.10. The molecule has 17 heavy (non-hydrogen) atoms. The van der Waals surface area contributed by atoms with Crippen LogP contribution in [0.3, 0.4) is 0 Å². The molecule has 0 saturated heterocycles. The molecule has 1 atom stereocenters. The minimum absolute atomic E-state index is 0.0824. The molecule has 2 aromatic rings. The Labute approximate surface area is 101 Å². The maximum atomic E-state index is 6.15. The van der Waals surface area contributed by atoms with Gasteiger partial charge in [0, 0.05) is 19.5 Å². The van der Waals surface area contributed by atoms with Crippen LogP contribution < -0.4 is 5.73 Å². The van der Waals surface area contributed by atoms with Crippen LogP contribution in [0.5, 0.6) is 0 Å². The van der Waals surface area contributed by atoms with Crippen LogP contribution in [-0.4, -0.2) is 20.8 Å². The Bertz CT molecular complexity index is 490. The highest BCUT2D eigenvalue weighted by Gasteiger charge is 2.10. The van der Waals surface area contributed by atoms with Crippen molar-refractivity contribution in [2.24, 2.45) is 12.8 Å². The third-order valence-electron chi connectivity index (χ3n) is 2.99. The number of aryl methyl sites for hydroxylation is 2. The quantitative estimate of drug-likeness (QED) is 0.859. The van der Waals surface area contributed by atoms with E-state index in [4.69, 9.17) is 5.73 Å². The lowest BCUT2D eigenvalue weighted by Crippen LogP contribution is -2.27. The number of nitrogens with two attached hydrogens (primary N) is 1. The summed E-state index contributed by atoms with van der Waals surface area (Å²) in [5.74, 6) is 0.936. The highest BCUT2D eigenvalue weighted by atomic mass is 15.3. The minimum Gasteiger partial charge on any atom is -0.327 e. The van der Waals surface area contributed by atoms with Crippen LogP contribution in [0.25, 0.3) is 0 Å². The van der Waals surface area contributed by atoms with E-state index in [0.717, 1.165) is 18.7 Å². The summed E-state index contributed by atoms with van der Waals surface area (Å²) in [4.78, 5) is 4.19. The number of aromatic nitrogens is 3. The molecule has 0 radical (unpaired) electrons. The van der Waals surface area contributed by atoms with Crippen LogP contribution in [-0.2, 0) is 19.9 Å². The molecule has 90 valence electrons. The Balaban J connectivity index is 2.01. The molecule has 2 rings (SSSR count). The third kappa shape index (κ3) is 2.91. The van der Waals surface area contributed by atoms with Crippen LogP contribution in [0, 0.1) is 6.92 Å². The molecule has 0 bridgehead atoms. The number of benzene rings is 1. The molecule has 0 aliphatic rings. The summed E-state index contributed by atoms with van der Waals surface area (Å²) >= 11 is 0. The van der Waals surface area contributed by atoms with Crippen molar-refractivity contribution >= 4 is 0 Å². The van der Waals surface area contributed by atoms with Crippen molar-refractivity contribution in [3.8, 4) is 0 Å². The van der Waals surface area contributed by atoms with Crippen molar-refractivity contribution < 1.29 is 0 Å². The first-order chi connectivity index (χ1) is 8.16.